The maximum absolute atomic E-state index is 10.8. The summed E-state index contributed by atoms with van der Waals surface area (Å²) in [5, 5.41) is 11.0. The average molecular weight is 267 g/mol. The van der Waals surface area contributed by atoms with Crippen molar-refractivity contribution in [3.05, 3.63) is 45.6 Å². The van der Waals surface area contributed by atoms with E-state index in [-0.39, 0.29) is 28.3 Å². The molecule has 0 spiro atoms. The lowest BCUT2D eigenvalue weighted by atomic mass is 10.3. The van der Waals surface area contributed by atoms with Crippen molar-refractivity contribution in [3.63, 3.8) is 0 Å². The van der Waals surface area contributed by atoms with E-state index in [9.17, 15) is 10.1 Å². The normalized spacial score (nSPS) is 10.1. The summed E-state index contributed by atoms with van der Waals surface area (Å²) in [6, 6.07) is 5.64. The summed E-state index contributed by atoms with van der Waals surface area (Å²) in [6.07, 6.45) is 1.38. The summed E-state index contributed by atoms with van der Waals surface area (Å²) in [5.74, 6) is 0.00294. The molecule has 1 heterocycles. The van der Waals surface area contributed by atoms with Crippen molar-refractivity contribution < 1.29 is 9.66 Å². The van der Waals surface area contributed by atoms with Gasteiger partial charge in [-0.05, 0) is 6.07 Å². The van der Waals surface area contributed by atoms with Gasteiger partial charge >= 0.3 is 5.69 Å². The van der Waals surface area contributed by atoms with Crippen molar-refractivity contribution in [1.82, 2.24) is 9.97 Å². The van der Waals surface area contributed by atoms with Gasteiger partial charge in [-0.1, -0.05) is 17.7 Å². The van der Waals surface area contributed by atoms with Crippen LogP contribution in [0.15, 0.2) is 30.5 Å². The Hall–Kier alpha value is -2.41. The van der Waals surface area contributed by atoms with Crippen LogP contribution in [0.3, 0.4) is 0 Å². The smallest absolute Gasteiger partial charge is 0.313 e. The van der Waals surface area contributed by atoms with Crippen molar-refractivity contribution >= 4 is 23.2 Å². The molecule has 2 aromatic rings. The Labute approximate surface area is 106 Å². The van der Waals surface area contributed by atoms with Gasteiger partial charge in [-0.25, -0.2) is 4.98 Å². The summed E-state index contributed by atoms with van der Waals surface area (Å²) in [4.78, 5) is 17.7. The fourth-order valence-electron chi connectivity index (χ4n) is 1.26. The number of hydrogen-bond donors (Lipinski definition) is 1. The Morgan fingerprint density at radius 2 is 2.17 bits per heavy atom. The topological polar surface area (TPSA) is 104 Å². The molecule has 1 aromatic heterocycles. The number of nitro benzene ring substituents is 1. The number of nitrogen functional groups attached to an aromatic ring is 1. The second kappa shape index (κ2) is 4.84. The van der Waals surface area contributed by atoms with E-state index >= 15 is 0 Å². The Morgan fingerprint density at radius 1 is 1.39 bits per heavy atom. The SMILES string of the molecule is Nc1nccc(Oc2c(Cl)cccc2[N+](=O)[O-])n1. The maximum atomic E-state index is 10.8. The van der Waals surface area contributed by atoms with Gasteiger partial charge < -0.3 is 10.5 Å². The number of rotatable bonds is 3. The van der Waals surface area contributed by atoms with Crippen molar-refractivity contribution in [1.29, 1.82) is 0 Å². The Balaban J connectivity index is 2.42. The molecule has 92 valence electrons. The zero-order valence-corrected chi connectivity index (χ0v) is 9.66. The number of aromatic nitrogens is 2. The second-order valence-electron chi connectivity index (χ2n) is 3.20. The summed E-state index contributed by atoms with van der Waals surface area (Å²) in [5.41, 5.74) is 5.13. The molecule has 2 rings (SSSR count). The van der Waals surface area contributed by atoms with Crippen LogP contribution in [0.25, 0.3) is 0 Å². The average Bonchev–Trinajstić information content (AvgIpc) is 2.31. The lowest BCUT2D eigenvalue weighted by molar-refractivity contribution is -0.385. The number of nitrogens with zero attached hydrogens (tertiary/aromatic N) is 3. The number of ether oxygens (including phenoxy) is 1. The molecule has 1 aromatic carbocycles. The highest BCUT2D eigenvalue weighted by atomic mass is 35.5. The van der Waals surface area contributed by atoms with E-state index < -0.39 is 4.92 Å². The first-order chi connectivity index (χ1) is 8.58. The van der Waals surface area contributed by atoms with E-state index in [1.807, 2.05) is 0 Å². The fraction of sp³-hybridized carbons (Fsp3) is 0. The van der Waals surface area contributed by atoms with Gasteiger partial charge in [0.25, 0.3) is 0 Å². The van der Waals surface area contributed by atoms with Gasteiger partial charge in [-0.2, -0.15) is 4.98 Å². The first-order valence-corrected chi connectivity index (χ1v) is 5.15. The summed E-state index contributed by atoms with van der Waals surface area (Å²) in [6.45, 7) is 0. The van der Waals surface area contributed by atoms with Crippen LogP contribution in [0.5, 0.6) is 11.6 Å². The van der Waals surface area contributed by atoms with Gasteiger partial charge in [-0.3, -0.25) is 10.1 Å². The van der Waals surface area contributed by atoms with Crippen LogP contribution < -0.4 is 10.5 Å². The minimum atomic E-state index is -0.592. The minimum absolute atomic E-state index is 0.00204. The monoisotopic (exact) mass is 266 g/mol. The zero-order valence-electron chi connectivity index (χ0n) is 8.91. The molecule has 7 nitrogen and oxygen atoms in total. The molecule has 0 atom stereocenters. The van der Waals surface area contributed by atoms with Crippen LogP contribution >= 0.6 is 11.6 Å². The molecular weight excluding hydrogens is 260 g/mol. The van der Waals surface area contributed by atoms with Crippen molar-refractivity contribution in [2.24, 2.45) is 0 Å². The molecule has 0 aliphatic carbocycles. The minimum Gasteiger partial charge on any atom is -0.430 e. The third-order valence-corrected chi connectivity index (χ3v) is 2.30. The van der Waals surface area contributed by atoms with Crippen LogP contribution in [0.1, 0.15) is 0 Å². The quantitative estimate of drug-likeness (QED) is 0.676. The molecule has 0 unspecified atom stereocenters. The van der Waals surface area contributed by atoms with Gasteiger partial charge in [0.05, 0.1) is 9.95 Å². The van der Waals surface area contributed by atoms with Gasteiger partial charge in [0.15, 0.2) is 0 Å². The van der Waals surface area contributed by atoms with Gasteiger partial charge in [0, 0.05) is 18.3 Å². The highest BCUT2D eigenvalue weighted by Crippen LogP contribution is 2.37. The number of nitro groups is 1. The summed E-state index contributed by atoms with van der Waals surface area (Å²) >= 11 is 5.86. The Bertz CT molecular complexity index is 605. The molecule has 0 amide bonds. The van der Waals surface area contributed by atoms with Crippen LogP contribution in [0.4, 0.5) is 11.6 Å². The van der Waals surface area contributed by atoms with E-state index in [0.717, 1.165) is 0 Å². The maximum Gasteiger partial charge on any atom is 0.313 e. The lowest BCUT2D eigenvalue weighted by Gasteiger charge is -2.06. The van der Waals surface area contributed by atoms with Crippen molar-refractivity contribution in [2.45, 2.75) is 0 Å². The van der Waals surface area contributed by atoms with Crippen LogP contribution in [-0.2, 0) is 0 Å². The predicted octanol–water partition coefficient (Wildman–Crippen LogP) is 2.41. The number of benzene rings is 1. The van der Waals surface area contributed by atoms with Crippen molar-refractivity contribution in [2.75, 3.05) is 5.73 Å². The zero-order chi connectivity index (χ0) is 13.1. The molecule has 8 heteroatoms. The molecule has 0 radical (unpaired) electrons. The lowest BCUT2D eigenvalue weighted by Crippen LogP contribution is -1.98. The van der Waals surface area contributed by atoms with E-state index in [1.54, 1.807) is 0 Å². The molecule has 0 saturated heterocycles. The van der Waals surface area contributed by atoms with Crippen LogP contribution in [0, 0.1) is 10.1 Å². The van der Waals surface area contributed by atoms with Crippen molar-refractivity contribution in [3.8, 4) is 11.6 Å². The molecule has 0 fully saturated rings. The highest BCUT2D eigenvalue weighted by molar-refractivity contribution is 6.32. The number of para-hydroxylation sites is 1. The molecule has 2 N–H and O–H groups in total. The van der Waals surface area contributed by atoms with Gasteiger partial charge in [-0.15, -0.1) is 0 Å². The summed E-state index contributed by atoms with van der Waals surface area (Å²) in [7, 11) is 0. The van der Waals surface area contributed by atoms with E-state index in [4.69, 9.17) is 22.1 Å². The molecule has 0 bridgehead atoms. The van der Waals surface area contributed by atoms with E-state index in [2.05, 4.69) is 9.97 Å². The standard InChI is InChI=1S/C10H7ClN4O3/c11-6-2-1-3-7(15(16)17)9(6)18-8-4-5-13-10(12)14-8/h1-5H,(H2,12,13,14). The largest absolute Gasteiger partial charge is 0.430 e. The van der Waals surface area contributed by atoms with Crippen LogP contribution in [0.2, 0.25) is 5.02 Å². The molecular formula is C10H7ClN4O3. The molecule has 0 saturated carbocycles. The summed E-state index contributed by atoms with van der Waals surface area (Å²) < 4.78 is 5.28. The molecule has 18 heavy (non-hydrogen) atoms. The predicted molar refractivity (Wildman–Crippen MR) is 64.6 cm³/mol. The van der Waals surface area contributed by atoms with E-state index in [1.165, 1.54) is 30.5 Å². The van der Waals surface area contributed by atoms with Gasteiger partial charge in [0.2, 0.25) is 17.6 Å². The molecule has 0 aliphatic heterocycles. The molecule has 0 aliphatic rings. The number of nitrogens with two attached hydrogens (primary N) is 1. The van der Waals surface area contributed by atoms with E-state index in [0.29, 0.717) is 0 Å². The third-order valence-electron chi connectivity index (χ3n) is 2.00. The van der Waals surface area contributed by atoms with Crippen LogP contribution in [-0.4, -0.2) is 14.9 Å². The van der Waals surface area contributed by atoms with Gasteiger partial charge in [0.1, 0.15) is 0 Å². The highest BCUT2D eigenvalue weighted by Gasteiger charge is 2.19. The Morgan fingerprint density at radius 3 is 2.83 bits per heavy atom. The fourth-order valence-corrected chi connectivity index (χ4v) is 1.47. The first-order valence-electron chi connectivity index (χ1n) is 4.77. The number of halogens is 1. The number of hydrogen-bond acceptors (Lipinski definition) is 6. The third kappa shape index (κ3) is 2.46. The second-order valence-corrected chi connectivity index (χ2v) is 3.61. The Kier molecular flexibility index (Phi) is 3.24. The first kappa shape index (κ1) is 12.1. The number of anilines is 1.